The Balaban J connectivity index is 1.88. The number of nitro benzene ring substituents is 1. The van der Waals surface area contributed by atoms with E-state index in [4.69, 9.17) is 9.47 Å². The van der Waals surface area contributed by atoms with Crippen LogP contribution in [0.15, 0.2) is 48.5 Å². The standard InChI is InChI=1S/C22H20F3N3O7/c1-13(26-19(29)10-5-14-3-7-16(34-2)8-4-14)21(31)35-12-20(30)27-17-9-6-15(22(23,24)25)11-18(17)28(32)33/h3-11,13H,12H2,1-2H3,(H,26,29)(H,27,30). The summed E-state index contributed by atoms with van der Waals surface area (Å²) in [5.41, 5.74) is -2.05. The molecule has 0 bridgehead atoms. The van der Waals surface area contributed by atoms with Crippen molar-refractivity contribution < 1.29 is 42.0 Å². The molecule has 1 unspecified atom stereocenters. The van der Waals surface area contributed by atoms with Crippen molar-refractivity contribution in [3.8, 4) is 5.75 Å². The fraction of sp³-hybridized carbons (Fsp3) is 0.227. The van der Waals surface area contributed by atoms with E-state index >= 15 is 0 Å². The van der Waals surface area contributed by atoms with E-state index in [0.29, 0.717) is 17.4 Å². The molecule has 0 aliphatic carbocycles. The molecule has 0 heterocycles. The molecule has 2 amide bonds. The molecular weight excluding hydrogens is 475 g/mol. The number of carbonyl (C=O) groups excluding carboxylic acids is 3. The Morgan fingerprint density at radius 1 is 1.14 bits per heavy atom. The van der Waals surface area contributed by atoms with Gasteiger partial charge in [-0.05, 0) is 42.8 Å². The summed E-state index contributed by atoms with van der Waals surface area (Å²) in [7, 11) is 1.51. The number of hydrogen-bond acceptors (Lipinski definition) is 7. The van der Waals surface area contributed by atoms with Gasteiger partial charge in [-0.1, -0.05) is 12.1 Å². The molecule has 2 N–H and O–H groups in total. The van der Waals surface area contributed by atoms with Gasteiger partial charge in [0, 0.05) is 12.1 Å². The van der Waals surface area contributed by atoms with Crippen LogP contribution in [0.5, 0.6) is 5.75 Å². The van der Waals surface area contributed by atoms with Crippen molar-refractivity contribution in [1.82, 2.24) is 5.32 Å². The van der Waals surface area contributed by atoms with Gasteiger partial charge in [0.1, 0.15) is 17.5 Å². The number of esters is 1. The van der Waals surface area contributed by atoms with Gasteiger partial charge in [0.15, 0.2) is 6.61 Å². The van der Waals surface area contributed by atoms with Crippen molar-refractivity contribution in [3.63, 3.8) is 0 Å². The number of alkyl halides is 3. The molecule has 0 fully saturated rings. The number of anilines is 1. The number of nitro groups is 1. The van der Waals surface area contributed by atoms with E-state index in [1.54, 1.807) is 24.3 Å². The van der Waals surface area contributed by atoms with E-state index < -0.39 is 58.5 Å². The van der Waals surface area contributed by atoms with Crippen LogP contribution in [0.1, 0.15) is 18.1 Å². The first-order valence-corrected chi connectivity index (χ1v) is 9.85. The minimum absolute atomic E-state index is 0.276. The molecule has 35 heavy (non-hydrogen) atoms. The first-order chi connectivity index (χ1) is 16.4. The number of amides is 2. The third-order valence-corrected chi connectivity index (χ3v) is 4.40. The maximum Gasteiger partial charge on any atom is 0.416 e. The predicted molar refractivity (Wildman–Crippen MR) is 117 cm³/mol. The summed E-state index contributed by atoms with van der Waals surface area (Å²) in [5, 5.41) is 15.4. The fourth-order valence-corrected chi connectivity index (χ4v) is 2.62. The largest absolute Gasteiger partial charge is 0.497 e. The molecule has 0 saturated heterocycles. The summed E-state index contributed by atoms with van der Waals surface area (Å²) in [6.45, 7) is 0.416. The van der Waals surface area contributed by atoms with E-state index in [0.717, 1.165) is 6.07 Å². The van der Waals surface area contributed by atoms with Crippen LogP contribution in [0.4, 0.5) is 24.5 Å². The second kappa shape index (κ2) is 11.6. The number of hydrogen-bond donors (Lipinski definition) is 2. The summed E-state index contributed by atoms with van der Waals surface area (Å²) in [4.78, 5) is 46.0. The second-order valence-corrected chi connectivity index (χ2v) is 6.98. The molecule has 0 aliphatic heterocycles. The van der Waals surface area contributed by atoms with Crippen LogP contribution in [-0.2, 0) is 25.3 Å². The Morgan fingerprint density at radius 3 is 2.37 bits per heavy atom. The van der Waals surface area contributed by atoms with Crippen LogP contribution in [0, 0.1) is 10.1 Å². The number of rotatable bonds is 9. The molecule has 10 nitrogen and oxygen atoms in total. The normalized spacial score (nSPS) is 12.0. The van der Waals surface area contributed by atoms with E-state index in [2.05, 4.69) is 5.32 Å². The molecule has 1 atom stereocenters. The molecule has 2 aromatic carbocycles. The van der Waals surface area contributed by atoms with Gasteiger partial charge in [-0.3, -0.25) is 19.7 Å². The predicted octanol–water partition coefficient (Wildman–Crippen LogP) is 3.32. The minimum atomic E-state index is -4.81. The lowest BCUT2D eigenvalue weighted by Crippen LogP contribution is -2.39. The Labute approximate surface area is 196 Å². The molecule has 0 saturated carbocycles. The molecule has 0 aliphatic rings. The highest BCUT2D eigenvalue weighted by atomic mass is 19.4. The van der Waals surface area contributed by atoms with Crippen LogP contribution in [0.25, 0.3) is 6.08 Å². The van der Waals surface area contributed by atoms with Gasteiger partial charge in [-0.25, -0.2) is 4.79 Å². The summed E-state index contributed by atoms with van der Waals surface area (Å²) in [6.07, 6.45) is -2.13. The molecule has 0 aromatic heterocycles. The van der Waals surface area contributed by atoms with Crippen LogP contribution < -0.4 is 15.4 Å². The molecule has 13 heteroatoms. The smallest absolute Gasteiger partial charge is 0.416 e. The third-order valence-electron chi connectivity index (χ3n) is 4.40. The topological polar surface area (TPSA) is 137 Å². The summed E-state index contributed by atoms with van der Waals surface area (Å²) in [6, 6.07) is 7.23. The van der Waals surface area contributed by atoms with E-state index in [-0.39, 0.29) is 6.07 Å². The second-order valence-electron chi connectivity index (χ2n) is 6.98. The summed E-state index contributed by atoms with van der Waals surface area (Å²) >= 11 is 0. The summed E-state index contributed by atoms with van der Waals surface area (Å²) in [5.74, 6) is -1.98. The van der Waals surface area contributed by atoms with Crippen molar-refractivity contribution in [1.29, 1.82) is 0 Å². The van der Waals surface area contributed by atoms with Gasteiger partial charge in [0.25, 0.3) is 11.6 Å². The lowest BCUT2D eigenvalue weighted by Gasteiger charge is -2.13. The van der Waals surface area contributed by atoms with Crippen LogP contribution in [0.2, 0.25) is 0 Å². The van der Waals surface area contributed by atoms with Crippen molar-refractivity contribution in [2.75, 3.05) is 19.0 Å². The molecule has 186 valence electrons. The molecular formula is C22H20F3N3O7. The zero-order valence-electron chi connectivity index (χ0n) is 18.4. The Hall–Kier alpha value is -4.42. The zero-order chi connectivity index (χ0) is 26.2. The van der Waals surface area contributed by atoms with E-state index in [1.807, 2.05) is 5.32 Å². The van der Waals surface area contributed by atoms with Gasteiger partial charge < -0.3 is 20.1 Å². The highest BCUT2D eigenvalue weighted by Gasteiger charge is 2.33. The molecule has 0 spiro atoms. The van der Waals surface area contributed by atoms with Gasteiger partial charge in [-0.2, -0.15) is 13.2 Å². The van der Waals surface area contributed by atoms with Gasteiger partial charge in [0.05, 0.1) is 17.6 Å². The average Bonchev–Trinajstić information content (AvgIpc) is 2.80. The van der Waals surface area contributed by atoms with Gasteiger partial charge in [0.2, 0.25) is 5.91 Å². The van der Waals surface area contributed by atoms with E-state index in [1.165, 1.54) is 26.2 Å². The SMILES string of the molecule is COc1ccc(C=CC(=O)NC(C)C(=O)OCC(=O)Nc2ccc(C(F)(F)F)cc2[N+](=O)[O-])cc1. The van der Waals surface area contributed by atoms with Crippen molar-refractivity contribution >= 4 is 35.2 Å². The Kier molecular flexibility index (Phi) is 8.91. The molecule has 2 rings (SSSR count). The van der Waals surface area contributed by atoms with Crippen molar-refractivity contribution in [3.05, 3.63) is 69.8 Å². The summed E-state index contributed by atoms with van der Waals surface area (Å²) < 4.78 is 48.1. The average molecular weight is 495 g/mol. The fourth-order valence-electron chi connectivity index (χ4n) is 2.62. The number of nitrogens with zero attached hydrogens (tertiary/aromatic N) is 1. The maximum absolute atomic E-state index is 12.8. The highest BCUT2D eigenvalue weighted by molar-refractivity contribution is 5.96. The number of benzene rings is 2. The van der Waals surface area contributed by atoms with Crippen LogP contribution >= 0.6 is 0 Å². The first kappa shape index (κ1) is 26.8. The lowest BCUT2D eigenvalue weighted by molar-refractivity contribution is -0.384. The van der Waals surface area contributed by atoms with E-state index in [9.17, 15) is 37.7 Å². The third kappa shape index (κ3) is 8.14. The molecule has 2 aromatic rings. The monoisotopic (exact) mass is 495 g/mol. The quantitative estimate of drug-likeness (QED) is 0.236. The van der Waals surface area contributed by atoms with Gasteiger partial charge >= 0.3 is 12.1 Å². The van der Waals surface area contributed by atoms with Crippen LogP contribution in [0.3, 0.4) is 0 Å². The number of ether oxygens (including phenoxy) is 2. The number of methoxy groups -OCH3 is 1. The Morgan fingerprint density at radius 2 is 1.80 bits per heavy atom. The van der Waals surface area contributed by atoms with Crippen LogP contribution in [-0.4, -0.2) is 42.5 Å². The number of halogens is 3. The zero-order valence-corrected chi connectivity index (χ0v) is 18.4. The maximum atomic E-state index is 12.8. The number of carbonyl (C=O) groups is 3. The van der Waals surface area contributed by atoms with Crippen molar-refractivity contribution in [2.24, 2.45) is 0 Å². The highest BCUT2D eigenvalue weighted by Crippen LogP contribution is 2.34. The Bertz CT molecular complexity index is 1130. The van der Waals surface area contributed by atoms with Gasteiger partial charge in [-0.15, -0.1) is 0 Å². The minimum Gasteiger partial charge on any atom is -0.497 e. The molecule has 0 radical (unpaired) electrons. The van der Waals surface area contributed by atoms with Crippen molar-refractivity contribution in [2.45, 2.75) is 19.1 Å². The lowest BCUT2D eigenvalue weighted by atomic mass is 10.1. The first-order valence-electron chi connectivity index (χ1n) is 9.85. The number of nitrogens with one attached hydrogen (secondary N) is 2.